The molecule has 0 aromatic heterocycles. The van der Waals surface area contributed by atoms with Crippen LogP contribution < -0.4 is 5.32 Å². The number of hydrogen-bond donors (Lipinski definition) is 3. The molecule has 2 rings (SSSR count). The van der Waals surface area contributed by atoms with Crippen LogP contribution in [0.2, 0.25) is 0 Å². The Morgan fingerprint density at radius 3 is 2.57 bits per heavy atom. The Morgan fingerprint density at radius 1 is 1.24 bits per heavy atom. The zero-order chi connectivity index (χ0) is 15.5. The molecular weight excluding hydrogens is 270 g/mol. The van der Waals surface area contributed by atoms with Gasteiger partial charge < -0.3 is 15.5 Å². The molecule has 0 aliphatic heterocycles. The largest absolute Gasteiger partial charge is 0.479 e. The van der Waals surface area contributed by atoms with Crippen LogP contribution in [0.15, 0.2) is 18.2 Å². The Hall–Kier alpha value is -1.88. The van der Waals surface area contributed by atoms with Crippen molar-refractivity contribution in [3.05, 3.63) is 34.9 Å². The number of amides is 1. The van der Waals surface area contributed by atoms with Crippen LogP contribution in [-0.4, -0.2) is 34.2 Å². The van der Waals surface area contributed by atoms with Gasteiger partial charge in [-0.05, 0) is 49.3 Å². The summed E-state index contributed by atoms with van der Waals surface area (Å²) in [6.45, 7) is 0.862. The van der Waals surface area contributed by atoms with Crippen molar-refractivity contribution in [3.63, 3.8) is 0 Å². The molecule has 1 aliphatic rings. The molecule has 1 aliphatic carbocycles. The fourth-order valence-electron chi connectivity index (χ4n) is 2.49. The molecule has 1 amide bonds. The third kappa shape index (κ3) is 4.04. The lowest BCUT2D eigenvalue weighted by Gasteiger charge is -2.19. The van der Waals surface area contributed by atoms with Gasteiger partial charge in [-0.1, -0.05) is 18.2 Å². The van der Waals surface area contributed by atoms with Gasteiger partial charge in [0, 0.05) is 0 Å². The van der Waals surface area contributed by atoms with Crippen molar-refractivity contribution < 1.29 is 19.8 Å². The normalized spacial score (nSPS) is 16.7. The van der Waals surface area contributed by atoms with Gasteiger partial charge in [0.1, 0.15) is 0 Å². The lowest BCUT2D eigenvalue weighted by atomic mass is 9.90. The van der Waals surface area contributed by atoms with E-state index >= 15 is 0 Å². The molecule has 0 spiro atoms. The van der Waals surface area contributed by atoms with Crippen molar-refractivity contribution in [3.8, 4) is 0 Å². The van der Waals surface area contributed by atoms with E-state index in [4.69, 9.17) is 5.11 Å². The molecule has 1 atom stereocenters. The maximum absolute atomic E-state index is 11.8. The number of hydrogen-bond acceptors (Lipinski definition) is 3. The molecule has 0 saturated heterocycles. The monoisotopic (exact) mass is 291 g/mol. The number of benzene rings is 1. The number of carbonyl (C=O) groups excluding carboxylic acids is 1. The predicted octanol–water partition coefficient (Wildman–Crippen LogP) is 1.06. The van der Waals surface area contributed by atoms with Crippen LogP contribution in [0.25, 0.3) is 0 Å². The summed E-state index contributed by atoms with van der Waals surface area (Å²) in [6.07, 6.45) is 4.76. The van der Waals surface area contributed by atoms with E-state index < -0.39 is 11.6 Å². The minimum absolute atomic E-state index is 0.197. The van der Waals surface area contributed by atoms with Crippen LogP contribution in [0.3, 0.4) is 0 Å². The highest BCUT2D eigenvalue weighted by atomic mass is 16.4. The first-order valence-electron chi connectivity index (χ1n) is 7.21. The number of nitrogens with one attached hydrogen (secondary N) is 1. The van der Waals surface area contributed by atoms with Gasteiger partial charge in [0.05, 0.1) is 13.0 Å². The molecule has 0 saturated carbocycles. The van der Waals surface area contributed by atoms with E-state index in [0.717, 1.165) is 25.3 Å². The number of fused-ring (bicyclic) bond motifs is 1. The molecule has 0 bridgehead atoms. The zero-order valence-electron chi connectivity index (χ0n) is 12.2. The quantitative estimate of drug-likeness (QED) is 0.757. The molecule has 21 heavy (non-hydrogen) atoms. The molecule has 0 heterocycles. The predicted molar refractivity (Wildman–Crippen MR) is 78.1 cm³/mol. The van der Waals surface area contributed by atoms with Crippen molar-refractivity contribution in [2.75, 3.05) is 6.54 Å². The minimum Gasteiger partial charge on any atom is -0.479 e. The Kier molecular flexibility index (Phi) is 4.63. The lowest BCUT2D eigenvalue weighted by molar-refractivity contribution is -0.156. The second kappa shape index (κ2) is 6.26. The van der Waals surface area contributed by atoms with E-state index in [9.17, 15) is 14.7 Å². The van der Waals surface area contributed by atoms with Gasteiger partial charge in [-0.3, -0.25) is 4.79 Å². The highest BCUT2D eigenvalue weighted by molar-refractivity contribution is 5.81. The molecule has 114 valence electrons. The van der Waals surface area contributed by atoms with E-state index in [1.807, 2.05) is 6.07 Å². The topological polar surface area (TPSA) is 86.6 Å². The maximum atomic E-state index is 11.8. The summed E-state index contributed by atoms with van der Waals surface area (Å²) in [4.78, 5) is 22.6. The van der Waals surface area contributed by atoms with Crippen LogP contribution in [0.1, 0.15) is 36.5 Å². The van der Waals surface area contributed by atoms with Gasteiger partial charge in [0.2, 0.25) is 5.91 Å². The molecule has 0 fully saturated rings. The van der Waals surface area contributed by atoms with Gasteiger partial charge >= 0.3 is 5.97 Å². The number of aryl methyl sites for hydroxylation is 2. The van der Waals surface area contributed by atoms with E-state index in [1.165, 1.54) is 24.0 Å². The summed E-state index contributed by atoms with van der Waals surface area (Å²) in [7, 11) is 0. The minimum atomic E-state index is -1.94. The Balaban J connectivity index is 1.92. The number of carboxylic acids is 1. The fraction of sp³-hybridized carbons (Fsp3) is 0.500. The first kappa shape index (κ1) is 15.5. The lowest BCUT2D eigenvalue weighted by Crippen LogP contribution is -2.46. The fourth-order valence-corrected chi connectivity index (χ4v) is 2.49. The number of aliphatic hydroxyl groups is 1. The third-order valence-corrected chi connectivity index (χ3v) is 3.87. The van der Waals surface area contributed by atoms with Crippen molar-refractivity contribution in [1.29, 1.82) is 0 Å². The van der Waals surface area contributed by atoms with Crippen molar-refractivity contribution in [1.82, 2.24) is 5.32 Å². The second-order valence-corrected chi connectivity index (χ2v) is 5.84. The molecule has 1 aromatic rings. The SMILES string of the molecule is CC(O)(CNC(=O)Cc1ccc2c(c1)CCCC2)C(=O)O. The average Bonchev–Trinajstić information content (AvgIpc) is 2.45. The van der Waals surface area contributed by atoms with Crippen molar-refractivity contribution in [2.24, 2.45) is 0 Å². The van der Waals surface area contributed by atoms with E-state index in [1.54, 1.807) is 0 Å². The maximum Gasteiger partial charge on any atom is 0.337 e. The second-order valence-electron chi connectivity index (χ2n) is 5.84. The third-order valence-electron chi connectivity index (χ3n) is 3.87. The molecular formula is C16H21NO4. The van der Waals surface area contributed by atoms with Crippen LogP contribution in [0.4, 0.5) is 0 Å². The van der Waals surface area contributed by atoms with Gasteiger partial charge in [-0.15, -0.1) is 0 Å². The van der Waals surface area contributed by atoms with Gasteiger partial charge in [-0.2, -0.15) is 0 Å². The Morgan fingerprint density at radius 2 is 1.90 bits per heavy atom. The van der Waals surface area contributed by atoms with Gasteiger partial charge in [0.15, 0.2) is 5.60 Å². The van der Waals surface area contributed by atoms with E-state index in [2.05, 4.69) is 17.4 Å². The number of aliphatic carboxylic acids is 1. The first-order valence-corrected chi connectivity index (χ1v) is 7.21. The molecule has 1 aromatic carbocycles. The summed E-state index contributed by atoms with van der Waals surface area (Å²) in [6, 6.07) is 6.08. The standard InChI is InChI=1S/C16H21NO4/c1-16(21,15(19)20)10-17-14(18)9-11-6-7-12-4-2-3-5-13(12)8-11/h6-8,21H,2-5,9-10H2,1H3,(H,17,18)(H,19,20). The summed E-state index contributed by atoms with van der Waals surface area (Å²) < 4.78 is 0. The Labute approximate surface area is 124 Å². The smallest absolute Gasteiger partial charge is 0.337 e. The van der Waals surface area contributed by atoms with E-state index in [0.29, 0.717) is 0 Å². The van der Waals surface area contributed by atoms with E-state index in [-0.39, 0.29) is 18.9 Å². The Bertz CT molecular complexity index is 551. The van der Waals surface area contributed by atoms with Gasteiger partial charge in [-0.25, -0.2) is 4.79 Å². The number of carbonyl (C=O) groups is 2. The van der Waals surface area contributed by atoms with Crippen molar-refractivity contribution in [2.45, 2.75) is 44.6 Å². The van der Waals surface area contributed by atoms with Crippen LogP contribution in [0.5, 0.6) is 0 Å². The first-order chi connectivity index (χ1) is 9.88. The summed E-state index contributed by atoms with van der Waals surface area (Å²) >= 11 is 0. The molecule has 0 radical (unpaired) electrons. The number of carboxylic acid groups (broad SMARTS) is 1. The van der Waals surface area contributed by atoms with Crippen molar-refractivity contribution >= 4 is 11.9 Å². The zero-order valence-corrected chi connectivity index (χ0v) is 12.2. The highest BCUT2D eigenvalue weighted by Gasteiger charge is 2.30. The molecule has 3 N–H and O–H groups in total. The van der Waals surface area contributed by atoms with Crippen LogP contribution in [0, 0.1) is 0 Å². The summed E-state index contributed by atoms with van der Waals surface area (Å²) in [5.74, 6) is -1.64. The molecule has 1 unspecified atom stereocenters. The summed E-state index contributed by atoms with van der Waals surface area (Å²) in [5, 5.41) is 20.8. The molecule has 5 nitrogen and oxygen atoms in total. The molecule has 5 heteroatoms. The van der Waals surface area contributed by atoms with Crippen LogP contribution in [-0.2, 0) is 28.9 Å². The number of rotatable bonds is 5. The summed E-state index contributed by atoms with van der Waals surface area (Å²) in [5.41, 5.74) is 1.65. The van der Waals surface area contributed by atoms with Gasteiger partial charge in [0.25, 0.3) is 0 Å². The van der Waals surface area contributed by atoms with Crippen LogP contribution >= 0.6 is 0 Å². The average molecular weight is 291 g/mol. The highest BCUT2D eigenvalue weighted by Crippen LogP contribution is 2.22.